The zero-order chi connectivity index (χ0) is 37.9. The standard InChI is InChI=1S/C37H69O13P/c1-3-5-7-9-11-13-14-15-16-18-20-22-24-26-31(39)49-29(27-47-30(38)25-23-21-19-17-12-10-8-6-4-2)28-48-51(45,46)50-37-35(43)33(41)32(40)34(42)36(37)44/h15-16,29,32-37,40-44H,3-14,17-28H2,1-2H3,(H,45,46)/b16-15+/t29-,32?,33-,34?,35?,36?,37?/m1/s1. The van der Waals surface area contributed by atoms with Gasteiger partial charge >= 0.3 is 19.8 Å². The lowest BCUT2D eigenvalue weighted by molar-refractivity contribution is -0.220. The number of esters is 2. The molecule has 8 atom stereocenters. The van der Waals surface area contributed by atoms with Crippen molar-refractivity contribution in [3.05, 3.63) is 12.2 Å². The monoisotopic (exact) mass is 752 g/mol. The van der Waals surface area contributed by atoms with Crippen LogP contribution in [-0.2, 0) is 32.7 Å². The Balaban J connectivity index is 2.56. The number of ether oxygens (including phenoxy) is 2. The molecule has 0 amide bonds. The summed E-state index contributed by atoms with van der Waals surface area (Å²) in [4.78, 5) is 35.4. The predicted octanol–water partition coefficient (Wildman–Crippen LogP) is 5.94. The van der Waals surface area contributed by atoms with Crippen molar-refractivity contribution >= 4 is 19.8 Å². The first-order chi connectivity index (χ1) is 24.4. The Kier molecular flexibility index (Phi) is 27.1. The van der Waals surface area contributed by atoms with E-state index >= 15 is 0 Å². The number of aliphatic hydroxyl groups excluding tert-OH is 5. The van der Waals surface area contributed by atoms with E-state index in [1.54, 1.807) is 0 Å². The summed E-state index contributed by atoms with van der Waals surface area (Å²) in [6.07, 6.45) is 13.0. The highest BCUT2D eigenvalue weighted by Crippen LogP contribution is 2.47. The van der Waals surface area contributed by atoms with Crippen molar-refractivity contribution in [3.8, 4) is 0 Å². The lowest BCUT2D eigenvalue weighted by Crippen LogP contribution is -2.64. The van der Waals surface area contributed by atoms with E-state index in [0.29, 0.717) is 12.8 Å². The largest absolute Gasteiger partial charge is 0.472 e. The molecule has 1 aliphatic carbocycles. The second-order valence-corrected chi connectivity index (χ2v) is 15.2. The van der Waals surface area contributed by atoms with E-state index in [1.165, 1.54) is 70.6 Å². The molecule has 0 aromatic heterocycles. The third kappa shape index (κ3) is 22.4. The second kappa shape index (κ2) is 29.0. The van der Waals surface area contributed by atoms with Crippen LogP contribution < -0.4 is 0 Å². The average Bonchev–Trinajstić information content (AvgIpc) is 3.10. The van der Waals surface area contributed by atoms with E-state index < -0.39 is 75.7 Å². The first-order valence-corrected chi connectivity index (χ1v) is 21.0. The van der Waals surface area contributed by atoms with Crippen molar-refractivity contribution in [3.63, 3.8) is 0 Å². The van der Waals surface area contributed by atoms with Gasteiger partial charge in [-0.05, 0) is 38.5 Å². The number of aliphatic hydroxyl groups is 5. The number of unbranched alkanes of at least 4 members (excludes halogenated alkanes) is 17. The van der Waals surface area contributed by atoms with E-state index in [9.17, 15) is 44.6 Å². The van der Waals surface area contributed by atoms with Gasteiger partial charge in [-0.1, -0.05) is 116 Å². The Bertz CT molecular complexity index is 964. The van der Waals surface area contributed by atoms with E-state index in [0.717, 1.165) is 44.9 Å². The van der Waals surface area contributed by atoms with Gasteiger partial charge in [0.05, 0.1) is 6.61 Å². The molecule has 0 aromatic rings. The Morgan fingerprint density at radius 3 is 1.51 bits per heavy atom. The van der Waals surface area contributed by atoms with Crippen LogP contribution in [0.25, 0.3) is 0 Å². The van der Waals surface area contributed by atoms with E-state index in [4.69, 9.17) is 18.5 Å². The smallest absolute Gasteiger partial charge is 0.462 e. The topological polar surface area (TPSA) is 210 Å². The Morgan fingerprint density at radius 2 is 1.00 bits per heavy atom. The summed E-state index contributed by atoms with van der Waals surface area (Å²) in [6.45, 7) is 3.22. The highest BCUT2D eigenvalue weighted by atomic mass is 31.2. The molecule has 0 bridgehead atoms. The Hall–Kier alpha value is -1.41. The third-order valence-corrected chi connectivity index (χ3v) is 10.1. The van der Waals surface area contributed by atoms with Crippen LogP contribution in [0.4, 0.5) is 0 Å². The number of hydrogen-bond acceptors (Lipinski definition) is 12. The second-order valence-electron chi connectivity index (χ2n) is 13.8. The zero-order valence-electron chi connectivity index (χ0n) is 31.2. The molecule has 0 aliphatic heterocycles. The fourth-order valence-electron chi connectivity index (χ4n) is 5.87. The maximum Gasteiger partial charge on any atom is 0.472 e. The van der Waals surface area contributed by atoms with Gasteiger partial charge in [-0.25, -0.2) is 4.57 Å². The summed E-state index contributed by atoms with van der Waals surface area (Å²) in [5.74, 6) is -1.12. The summed E-state index contributed by atoms with van der Waals surface area (Å²) in [7, 11) is -5.10. The lowest BCUT2D eigenvalue weighted by atomic mass is 9.85. The maximum absolute atomic E-state index is 12.7. The number of allylic oxidation sites excluding steroid dienone is 2. The highest BCUT2D eigenvalue weighted by Gasteiger charge is 2.51. The number of carbonyl (C=O) groups is 2. The number of phosphoric ester groups is 1. The van der Waals surface area contributed by atoms with Gasteiger partial charge in [-0.15, -0.1) is 0 Å². The van der Waals surface area contributed by atoms with Gasteiger partial charge in [0.1, 0.15) is 43.2 Å². The van der Waals surface area contributed by atoms with E-state index in [2.05, 4.69) is 26.0 Å². The van der Waals surface area contributed by atoms with E-state index in [-0.39, 0.29) is 12.8 Å². The molecule has 6 unspecified atom stereocenters. The zero-order valence-corrected chi connectivity index (χ0v) is 32.0. The molecule has 6 N–H and O–H groups in total. The summed E-state index contributed by atoms with van der Waals surface area (Å²) in [5, 5.41) is 49.9. The van der Waals surface area contributed by atoms with Crippen LogP contribution in [0.5, 0.6) is 0 Å². The molecule has 1 aliphatic rings. The van der Waals surface area contributed by atoms with Crippen LogP contribution >= 0.6 is 7.82 Å². The third-order valence-electron chi connectivity index (χ3n) is 9.11. The van der Waals surface area contributed by atoms with Crippen molar-refractivity contribution in [2.24, 2.45) is 0 Å². The fourth-order valence-corrected chi connectivity index (χ4v) is 6.84. The lowest BCUT2D eigenvalue weighted by Gasteiger charge is -2.41. The Labute approximate surface area is 305 Å². The normalized spacial score (nSPS) is 24.0. The minimum atomic E-state index is -5.10. The summed E-state index contributed by atoms with van der Waals surface area (Å²) < 4.78 is 33.3. The number of phosphoric acid groups is 1. The van der Waals surface area contributed by atoms with Crippen LogP contribution in [0, 0.1) is 0 Å². The van der Waals surface area contributed by atoms with Crippen LogP contribution in [0.15, 0.2) is 12.2 Å². The summed E-state index contributed by atoms with van der Waals surface area (Å²) in [6, 6.07) is 0. The molecule has 13 nitrogen and oxygen atoms in total. The van der Waals surface area contributed by atoms with Gasteiger partial charge in [-0.2, -0.15) is 0 Å². The molecule has 1 saturated carbocycles. The van der Waals surface area contributed by atoms with Gasteiger partial charge in [0, 0.05) is 12.8 Å². The van der Waals surface area contributed by atoms with Crippen LogP contribution in [0.3, 0.4) is 0 Å². The molecular formula is C37H69O13P. The summed E-state index contributed by atoms with van der Waals surface area (Å²) >= 11 is 0. The molecule has 0 aromatic carbocycles. The number of carbonyl (C=O) groups excluding carboxylic acids is 2. The minimum Gasteiger partial charge on any atom is -0.462 e. The number of hydrogen-bond donors (Lipinski definition) is 6. The quantitative estimate of drug-likeness (QED) is 0.0210. The van der Waals surface area contributed by atoms with Gasteiger partial charge < -0.3 is 39.9 Å². The molecule has 0 saturated heterocycles. The first kappa shape index (κ1) is 47.6. The maximum atomic E-state index is 12.7. The van der Waals surface area contributed by atoms with Crippen LogP contribution in [0.1, 0.15) is 155 Å². The van der Waals surface area contributed by atoms with Crippen molar-refractivity contribution in [2.75, 3.05) is 13.2 Å². The predicted molar refractivity (Wildman–Crippen MR) is 194 cm³/mol. The van der Waals surface area contributed by atoms with Crippen LogP contribution in [0.2, 0.25) is 0 Å². The van der Waals surface area contributed by atoms with Crippen molar-refractivity contribution < 1.29 is 63.1 Å². The first-order valence-electron chi connectivity index (χ1n) is 19.5. The molecule has 0 radical (unpaired) electrons. The van der Waals surface area contributed by atoms with Crippen molar-refractivity contribution in [1.29, 1.82) is 0 Å². The molecule has 300 valence electrons. The molecule has 1 fully saturated rings. The van der Waals surface area contributed by atoms with Gasteiger partial charge in [0.2, 0.25) is 0 Å². The molecule has 14 heteroatoms. The highest BCUT2D eigenvalue weighted by molar-refractivity contribution is 7.47. The molecular weight excluding hydrogens is 683 g/mol. The molecule has 0 heterocycles. The summed E-state index contributed by atoms with van der Waals surface area (Å²) in [5.41, 5.74) is 0. The molecule has 0 spiro atoms. The van der Waals surface area contributed by atoms with E-state index in [1.807, 2.05) is 0 Å². The molecule has 51 heavy (non-hydrogen) atoms. The Morgan fingerprint density at radius 1 is 0.588 bits per heavy atom. The SMILES string of the molecule is CCCCCCCC/C=C/CCCCCC(=O)O[C@H](COC(=O)CCCCCCCCCCC)COP(=O)(O)OC1C(O)C(O)C(O)[C@@H](O)C1O. The van der Waals surface area contributed by atoms with Crippen molar-refractivity contribution in [1.82, 2.24) is 0 Å². The minimum absolute atomic E-state index is 0.0796. The number of rotatable bonds is 31. The van der Waals surface area contributed by atoms with Crippen LogP contribution in [-0.4, -0.2) is 98.3 Å². The molecule has 1 rings (SSSR count). The van der Waals surface area contributed by atoms with Gasteiger partial charge in [0.25, 0.3) is 0 Å². The van der Waals surface area contributed by atoms with Gasteiger partial charge in [-0.3, -0.25) is 18.6 Å². The van der Waals surface area contributed by atoms with Crippen molar-refractivity contribution in [2.45, 2.75) is 198 Å². The fraction of sp³-hybridized carbons (Fsp3) is 0.892. The van der Waals surface area contributed by atoms with Gasteiger partial charge in [0.15, 0.2) is 6.10 Å². The average molecular weight is 753 g/mol.